The molecule has 9 heteroatoms. The van der Waals surface area contributed by atoms with Gasteiger partial charge in [0, 0.05) is 0 Å². The van der Waals surface area contributed by atoms with E-state index >= 15 is 0 Å². The van der Waals surface area contributed by atoms with Crippen molar-refractivity contribution in [1.29, 1.82) is 0 Å². The van der Waals surface area contributed by atoms with Gasteiger partial charge in [-0.1, -0.05) is 0 Å². The van der Waals surface area contributed by atoms with Gasteiger partial charge in [0.05, 0.1) is 5.97 Å². The maximum absolute atomic E-state index is 9.80. The van der Waals surface area contributed by atoms with Crippen LogP contribution in [0.4, 0.5) is 0 Å². The van der Waals surface area contributed by atoms with Crippen molar-refractivity contribution in [3.63, 3.8) is 0 Å². The minimum atomic E-state index is -4.92. The molecule has 54 valence electrons. The summed E-state index contributed by atoms with van der Waals surface area (Å²) in [5, 5.41) is 17.5. The molecular weight excluding hydrogens is 229 g/mol. The van der Waals surface area contributed by atoms with Crippen LogP contribution in [0.3, 0.4) is 0 Å². The van der Waals surface area contributed by atoms with Crippen LogP contribution in [0, 0.1) is 0 Å². The molecule has 0 aliphatic carbocycles. The van der Waals surface area contributed by atoms with Crippen LogP contribution in [0.5, 0.6) is 0 Å². The fourth-order valence-corrected chi connectivity index (χ4v) is 0.412. The summed E-state index contributed by atoms with van der Waals surface area (Å²) < 4.78 is 9.80. The maximum Gasteiger partial charge on any atom is 1.00 e. The van der Waals surface area contributed by atoms with E-state index in [0.29, 0.717) is 0 Å². The van der Waals surface area contributed by atoms with E-state index in [-0.39, 0.29) is 103 Å². The molecule has 0 saturated heterocycles. The molecule has 11 heavy (non-hydrogen) atoms. The standard InChI is InChI=1S/C2H5O6P.2K/c3-1(4)2(5)9(6,7)8;;/h2,5H,(H,3,4)(H2,6,7,8);;/q;2*+1/p-1. The monoisotopic (exact) mass is 233 g/mol. The molecule has 0 aromatic rings. The van der Waals surface area contributed by atoms with E-state index in [2.05, 4.69) is 0 Å². The van der Waals surface area contributed by atoms with E-state index in [4.69, 9.17) is 14.9 Å². The summed E-state index contributed by atoms with van der Waals surface area (Å²) >= 11 is 0. The molecule has 6 nitrogen and oxygen atoms in total. The van der Waals surface area contributed by atoms with Gasteiger partial charge in [-0.2, -0.15) is 0 Å². The van der Waals surface area contributed by atoms with Gasteiger partial charge in [0.1, 0.15) is 0 Å². The second-order valence-corrected chi connectivity index (χ2v) is 2.95. The Morgan fingerprint density at radius 3 is 1.64 bits per heavy atom. The number of hydrogen-bond acceptors (Lipinski definition) is 4. The SMILES string of the molecule is O=C([O-])C(O)P(=O)(O)O.[K+].[K+]. The van der Waals surface area contributed by atoms with E-state index in [0.717, 1.165) is 0 Å². The number of rotatable bonds is 2. The van der Waals surface area contributed by atoms with Gasteiger partial charge in [-0.25, -0.2) is 0 Å². The Morgan fingerprint density at radius 1 is 1.36 bits per heavy atom. The molecule has 0 heterocycles. The number of aliphatic hydroxyl groups excluding tert-OH is 1. The second-order valence-electron chi connectivity index (χ2n) is 1.28. The fraction of sp³-hybridized carbons (Fsp3) is 0.500. The molecule has 0 aromatic heterocycles. The van der Waals surface area contributed by atoms with Gasteiger partial charge >= 0.3 is 110 Å². The fourth-order valence-electron chi connectivity index (χ4n) is 0.137. The predicted molar refractivity (Wildman–Crippen MR) is 23.1 cm³/mol. The molecule has 1 atom stereocenters. The second kappa shape index (κ2) is 8.19. The number of aliphatic carboxylic acids is 1. The normalized spacial score (nSPS) is 12.3. The van der Waals surface area contributed by atoms with Gasteiger partial charge in [0.2, 0.25) is 0 Å². The van der Waals surface area contributed by atoms with Crippen LogP contribution in [-0.2, 0) is 9.36 Å². The Bertz CT molecular complexity index is 164. The number of carboxylic acid groups (broad SMARTS) is 1. The number of aliphatic hydroxyl groups is 1. The van der Waals surface area contributed by atoms with Crippen LogP contribution in [0.15, 0.2) is 0 Å². The average molecular weight is 233 g/mol. The Morgan fingerprint density at radius 2 is 1.64 bits per heavy atom. The summed E-state index contributed by atoms with van der Waals surface area (Å²) in [5.41, 5.74) is 0. The van der Waals surface area contributed by atoms with Crippen molar-refractivity contribution in [2.45, 2.75) is 5.85 Å². The Balaban J connectivity index is -0.000000320. The first kappa shape index (κ1) is 19.4. The number of carbonyl (C=O) groups is 1. The first-order valence-electron chi connectivity index (χ1n) is 1.80. The van der Waals surface area contributed by atoms with E-state index in [1.165, 1.54) is 0 Å². The molecule has 0 saturated carbocycles. The predicted octanol–water partition coefficient (Wildman–Crippen LogP) is -8.76. The zero-order chi connectivity index (χ0) is 7.65. The Kier molecular flexibility index (Phi) is 14.5. The largest absolute Gasteiger partial charge is 1.00 e. The maximum atomic E-state index is 9.80. The van der Waals surface area contributed by atoms with Crippen LogP contribution in [0.25, 0.3) is 0 Å². The molecule has 0 aliphatic heterocycles. The third kappa shape index (κ3) is 9.16. The molecule has 0 aromatic carbocycles. The molecule has 0 bridgehead atoms. The number of carboxylic acids is 1. The molecule has 0 amide bonds. The Hall–Kier alpha value is 2.85. The average Bonchev–Trinajstić information content (AvgIpc) is 1.62. The molecule has 0 spiro atoms. The van der Waals surface area contributed by atoms with E-state index in [9.17, 15) is 14.5 Å². The zero-order valence-electron chi connectivity index (χ0n) is 6.09. The van der Waals surface area contributed by atoms with Gasteiger partial charge in [-0.05, 0) is 0 Å². The van der Waals surface area contributed by atoms with Crippen LogP contribution in [-0.4, -0.2) is 26.7 Å². The van der Waals surface area contributed by atoms with E-state index < -0.39 is 19.4 Å². The van der Waals surface area contributed by atoms with Crippen LogP contribution < -0.4 is 108 Å². The van der Waals surface area contributed by atoms with E-state index in [1.807, 2.05) is 0 Å². The first-order chi connectivity index (χ1) is 3.85. The topological polar surface area (TPSA) is 118 Å². The first-order valence-corrected chi connectivity index (χ1v) is 3.48. The van der Waals surface area contributed by atoms with Gasteiger partial charge in [-0.3, -0.25) is 4.57 Å². The molecular formula is C2H4K2O6P+. The smallest absolute Gasteiger partial charge is 0.547 e. The summed E-state index contributed by atoms with van der Waals surface area (Å²) in [4.78, 5) is 25.3. The van der Waals surface area contributed by atoms with Crippen LogP contribution in [0.2, 0.25) is 0 Å². The van der Waals surface area contributed by atoms with Gasteiger partial charge in [-0.15, -0.1) is 0 Å². The quantitative estimate of drug-likeness (QED) is 0.322. The van der Waals surface area contributed by atoms with Crippen molar-refractivity contribution in [2.24, 2.45) is 0 Å². The number of carbonyl (C=O) groups excluding carboxylic acids is 1. The van der Waals surface area contributed by atoms with Crippen molar-refractivity contribution in [3.8, 4) is 0 Å². The summed E-state index contributed by atoms with van der Waals surface area (Å²) in [6.45, 7) is 0. The van der Waals surface area contributed by atoms with Crippen molar-refractivity contribution in [3.05, 3.63) is 0 Å². The van der Waals surface area contributed by atoms with Gasteiger partial charge in [0.15, 0.2) is 5.85 Å². The van der Waals surface area contributed by atoms with Crippen LogP contribution in [0.1, 0.15) is 0 Å². The van der Waals surface area contributed by atoms with E-state index in [1.54, 1.807) is 0 Å². The van der Waals surface area contributed by atoms with Gasteiger partial charge < -0.3 is 24.8 Å². The summed E-state index contributed by atoms with van der Waals surface area (Å²) in [7, 11) is -4.92. The molecule has 0 radical (unpaired) electrons. The van der Waals surface area contributed by atoms with Crippen molar-refractivity contribution >= 4 is 13.6 Å². The third-order valence-electron chi connectivity index (χ3n) is 0.529. The number of hydrogen-bond donors (Lipinski definition) is 3. The minimum absolute atomic E-state index is 0. The van der Waals surface area contributed by atoms with Crippen molar-refractivity contribution < 1.29 is 132 Å². The minimum Gasteiger partial charge on any atom is -0.547 e. The van der Waals surface area contributed by atoms with Crippen molar-refractivity contribution in [1.82, 2.24) is 0 Å². The summed E-state index contributed by atoms with van der Waals surface area (Å²) in [6, 6.07) is 0. The Labute approximate surface area is 148 Å². The molecule has 0 rings (SSSR count). The molecule has 0 fully saturated rings. The molecule has 0 aliphatic rings. The summed E-state index contributed by atoms with van der Waals surface area (Å²) in [5.74, 6) is -4.89. The van der Waals surface area contributed by atoms with Gasteiger partial charge in [0.25, 0.3) is 0 Å². The molecule has 3 N–H and O–H groups in total. The van der Waals surface area contributed by atoms with Crippen molar-refractivity contribution in [2.75, 3.05) is 0 Å². The third-order valence-corrected chi connectivity index (χ3v) is 1.38. The molecule has 1 unspecified atom stereocenters. The van der Waals surface area contributed by atoms with Crippen LogP contribution >= 0.6 is 7.60 Å². The summed E-state index contributed by atoms with van der Waals surface area (Å²) in [6.07, 6.45) is 0. The zero-order valence-corrected chi connectivity index (χ0v) is 13.2.